The van der Waals surface area contributed by atoms with Crippen molar-refractivity contribution in [2.75, 3.05) is 0 Å². The fraction of sp³-hybridized carbons (Fsp3) is 0.429. The molecule has 2 aromatic carbocycles. The van der Waals surface area contributed by atoms with E-state index in [4.69, 9.17) is 55.9 Å². The predicted molar refractivity (Wildman–Crippen MR) is 132 cm³/mol. The van der Waals surface area contributed by atoms with E-state index in [0.29, 0.717) is 31.6 Å². The second-order valence-corrected chi connectivity index (χ2v) is 13.5. The van der Waals surface area contributed by atoms with Gasteiger partial charge in [-0.25, -0.2) is 0 Å². The number of alkyl halides is 2. The fourth-order valence-corrected chi connectivity index (χ4v) is 4.14. The lowest BCUT2D eigenvalue weighted by atomic mass is 9.78. The van der Waals surface area contributed by atoms with Crippen molar-refractivity contribution in [3.05, 3.63) is 55.5 Å². The minimum atomic E-state index is -0.600. The molecule has 0 saturated carbocycles. The van der Waals surface area contributed by atoms with Crippen LogP contribution in [0.4, 0.5) is 0 Å². The molecule has 0 aromatic heterocycles. The quantitative estimate of drug-likeness (QED) is 0.304. The third-order valence-electron chi connectivity index (χ3n) is 4.13. The van der Waals surface area contributed by atoms with Gasteiger partial charge in [-0.3, -0.25) is 0 Å². The molecule has 0 fully saturated rings. The average molecular weight is 608 g/mol. The van der Waals surface area contributed by atoms with Crippen LogP contribution in [0.25, 0.3) is 0 Å². The van der Waals surface area contributed by atoms with E-state index in [1.54, 1.807) is 0 Å². The van der Waals surface area contributed by atoms with Gasteiger partial charge in [0, 0.05) is 5.41 Å². The van der Waals surface area contributed by atoms with Crippen LogP contribution in [0.15, 0.2) is 24.3 Å². The van der Waals surface area contributed by atoms with Crippen molar-refractivity contribution in [1.29, 1.82) is 0 Å². The molecule has 0 bridgehead atoms. The molecular weight excluding hydrogens is 586 g/mol. The summed E-state index contributed by atoms with van der Waals surface area (Å²) in [5.74, 6) is 0.850. The Hall–Kier alpha value is 0.160. The third-order valence-corrected chi connectivity index (χ3v) is 5.58. The van der Waals surface area contributed by atoms with E-state index in [0.717, 1.165) is 11.1 Å². The van der Waals surface area contributed by atoms with Crippen molar-refractivity contribution < 1.29 is 9.47 Å². The summed E-state index contributed by atoms with van der Waals surface area (Å²) in [6, 6.07) is 7.37. The van der Waals surface area contributed by atoms with Crippen LogP contribution in [0.5, 0.6) is 11.5 Å². The summed E-state index contributed by atoms with van der Waals surface area (Å²) < 4.78 is 10.5. The monoisotopic (exact) mass is 604 g/mol. The largest absolute Gasteiger partial charge is 0.474 e. The molecule has 0 heterocycles. The summed E-state index contributed by atoms with van der Waals surface area (Å²) in [4.78, 5) is 0. The number of ether oxygens (including phenoxy) is 2. The Morgan fingerprint density at radius 2 is 0.828 bits per heavy atom. The average Bonchev–Trinajstić information content (AvgIpc) is 2.52. The summed E-state index contributed by atoms with van der Waals surface area (Å²) in [7, 11) is 0. The van der Waals surface area contributed by atoms with Gasteiger partial charge in [-0.2, -0.15) is 0 Å². The van der Waals surface area contributed by atoms with Crippen molar-refractivity contribution in [2.45, 2.75) is 56.0 Å². The molecule has 29 heavy (non-hydrogen) atoms. The summed E-state index contributed by atoms with van der Waals surface area (Å²) >= 11 is 32.8. The van der Waals surface area contributed by atoms with E-state index in [-0.39, 0.29) is 0 Å². The molecule has 0 spiro atoms. The number of hydrogen-bond donors (Lipinski definition) is 0. The normalized spacial score (nSPS) is 12.8. The van der Waals surface area contributed by atoms with Gasteiger partial charge in [-0.1, -0.05) is 60.3 Å². The van der Waals surface area contributed by atoms with Gasteiger partial charge in [0.05, 0.1) is 20.1 Å². The SMILES string of the molecule is CC(C)(Br)Oc1c(Cl)cc(C(C)(C)c2cc(Cl)c(OC(C)(C)Br)c(Cl)c2)cc1Cl. The van der Waals surface area contributed by atoms with E-state index >= 15 is 0 Å². The predicted octanol–water partition coefficient (Wildman–Crippen LogP) is 9.65. The second-order valence-electron chi connectivity index (χ2n) is 8.09. The van der Waals surface area contributed by atoms with Crippen LogP contribution in [-0.2, 0) is 5.41 Å². The Morgan fingerprint density at radius 3 is 1.03 bits per heavy atom. The van der Waals surface area contributed by atoms with Crippen LogP contribution in [0, 0.1) is 0 Å². The molecule has 8 heteroatoms. The van der Waals surface area contributed by atoms with Gasteiger partial charge in [-0.05, 0) is 94.9 Å². The third kappa shape index (κ3) is 6.57. The van der Waals surface area contributed by atoms with Gasteiger partial charge in [0.25, 0.3) is 0 Å². The van der Waals surface area contributed by atoms with Crippen molar-refractivity contribution in [3.8, 4) is 11.5 Å². The van der Waals surface area contributed by atoms with Crippen LogP contribution in [0.3, 0.4) is 0 Å². The Labute approximate surface area is 209 Å². The Kier molecular flexibility index (Phi) is 7.85. The lowest BCUT2D eigenvalue weighted by molar-refractivity contribution is 0.214. The molecule has 0 atom stereocenters. The molecule has 0 aliphatic rings. The maximum absolute atomic E-state index is 6.49. The minimum Gasteiger partial charge on any atom is -0.474 e. The van der Waals surface area contributed by atoms with Gasteiger partial charge in [0.2, 0.25) is 0 Å². The molecule has 0 N–H and O–H groups in total. The van der Waals surface area contributed by atoms with Crippen molar-refractivity contribution in [2.24, 2.45) is 0 Å². The lowest BCUT2D eigenvalue weighted by Gasteiger charge is -2.29. The maximum Gasteiger partial charge on any atom is 0.158 e. The standard InChI is InChI=1S/C21H22Br2Cl4O2/c1-19(2,11-7-13(24)17(14(25)8-11)28-20(3,4)22)12-9-15(26)18(16(27)10-12)29-21(5,6)23/h7-10H,1-6H3. The molecular formula is C21H22Br2Cl4O2. The number of hydrogen-bond acceptors (Lipinski definition) is 2. The number of benzene rings is 2. The van der Waals surface area contributed by atoms with Crippen LogP contribution in [0.2, 0.25) is 20.1 Å². The van der Waals surface area contributed by atoms with Gasteiger partial charge in [0.15, 0.2) is 20.5 Å². The van der Waals surface area contributed by atoms with E-state index in [1.807, 2.05) is 65.8 Å². The zero-order chi connectivity index (χ0) is 22.4. The smallest absolute Gasteiger partial charge is 0.158 e. The first-order valence-electron chi connectivity index (χ1n) is 8.76. The zero-order valence-electron chi connectivity index (χ0n) is 16.9. The lowest BCUT2D eigenvalue weighted by Crippen LogP contribution is -2.22. The molecule has 0 saturated heterocycles. The number of halogens is 6. The molecule has 160 valence electrons. The van der Waals surface area contributed by atoms with Crippen LogP contribution in [0.1, 0.15) is 52.7 Å². The molecule has 2 rings (SSSR count). The van der Waals surface area contributed by atoms with Gasteiger partial charge in [-0.15, -0.1) is 0 Å². The van der Waals surface area contributed by atoms with Crippen LogP contribution < -0.4 is 9.47 Å². The first kappa shape index (κ1) is 25.4. The maximum atomic E-state index is 6.49. The highest BCUT2D eigenvalue weighted by molar-refractivity contribution is 9.10. The second kappa shape index (κ2) is 8.96. The molecule has 0 amide bonds. The van der Waals surface area contributed by atoms with E-state index < -0.39 is 14.4 Å². The summed E-state index contributed by atoms with van der Waals surface area (Å²) in [6.45, 7) is 11.5. The Morgan fingerprint density at radius 1 is 0.586 bits per heavy atom. The molecule has 0 unspecified atom stereocenters. The van der Waals surface area contributed by atoms with Crippen LogP contribution in [-0.4, -0.2) is 9.02 Å². The van der Waals surface area contributed by atoms with E-state index in [2.05, 4.69) is 31.9 Å². The van der Waals surface area contributed by atoms with E-state index in [1.165, 1.54) is 0 Å². The highest BCUT2D eigenvalue weighted by Crippen LogP contribution is 2.45. The molecule has 0 radical (unpaired) electrons. The first-order chi connectivity index (χ1) is 13.0. The molecule has 0 aliphatic carbocycles. The van der Waals surface area contributed by atoms with Gasteiger partial charge >= 0.3 is 0 Å². The molecule has 2 nitrogen and oxygen atoms in total. The van der Waals surface area contributed by atoms with Crippen LogP contribution >= 0.6 is 78.3 Å². The van der Waals surface area contributed by atoms with Crippen molar-refractivity contribution in [1.82, 2.24) is 0 Å². The Balaban J connectivity index is 2.50. The van der Waals surface area contributed by atoms with Gasteiger partial charge in [0.1, 0.15) is 0 Å². The fourth-order valence-electron chi connectivity index (χ4n) is 2.69. The summed E-state index contributed by atoms with van der Waals surface area (Å²) in [5, 5.41) is 1.69. The topological polar surface area (TPSA) is 18.5 Å². The summed E-state index contributed by atoms with van der Waals surface area (Å²) in [5.41, 5.74) is 1.31. The molecule has 0 aliphatic heterocycles. The van der Waals surface area contributed by atoms with Gasteiger partial charge < -0.3 is 9.47 Å². The van der Waals surface area contributed by atoms with Crippen molar-refractivity contribution >= 4 is 78.3 Å². The summed E-state index contributed by atoms with van der Waals surface area (Å²) in [6.07, 6.45) is 0. The Bertz CT molecular complexity index is 796. The highest BCUT2D eigenvalue weighted by Gasteiger charge is 2.29. The molecule has 2 aromatic rings. The van der Waals surface area contributed by atoms with Crippen molar-refractivity contribution in [3.63, 3.8) is 0 Å². The first-order valence-corrected chi connectivity index (χ1v) is 11.9. The van der Waals surface area contributed by atoms with E-state index in [9.17, 15) is 0 Å². The number of rotatable bonds is 6. The minimum absolute atomic E-state index is 0.422. The highest BCUT2D eigenvalue weighted by atomic mass is 79.9. The zero-order valence-corrected chi connectivity index (χ0v) is 23.1.